The minimum atomic E-state index is -0.347. The minimum absolute atomic E-state index is 0.347. The summed E-state index contributed by atoms with van der Waals surface area (Å²) >= 11 is 0. The Morgan fingerprint density at radius 2 is 1.93 bits per heavy atom. The molecule has 1 aliphatic carbocycles. The Balaban J connectivity index is 2.01. The molecule has 0 saturated heterocycles. The molecule has 1 aromatic carbocycles. The Kier molecular flexibility index (Phi) is 2.53. The number of rotatable bonds is 3. The van der Waals surface area contributed by atoms with Crippen LogP contribution in [-0.2, 0) is 6.42 Å². The molecule has 0 spiro atoms. The SMILES string of the molecule is NC(=O)c1ccc(CC2CCC2)cc1. The van der Waals surface area contributed by atoms with Gasteiger partial charge in [-0.15, -0.1) is 0 Å². The number of carbonyl (C=O) groups is 1. The molecule has 14 heavy (non-hydrogen) atoms. The van der Waals surface area contributed by atoms with Crippen molar-refractivity contribution in [2.24, 2.45) is 11.7 Å². The predicted octanol–water partition coefficient (Wildman–Crippen LogP) is 2.13. The fourth-order valence-electron chi connectivity index (χ4n) is 1.84. The van der Waals surface area contributed by atoms with Crippen LogP contribution in [0.2, 0.25) is 0 Å². The quantitative estimate of drug-likeness (QED) is 0.777. The van der Waals surface area contributed by atoms with Gasteiger partial charge in [-0.25, -0.2) is 0 Å². The molecule has 0 aliphatic heterocycles. The van der Waals surface area contributed by atoms with E-state index in [9.17, 15) is 4.79 Å². The molecule has 2 N–H and O–H groups in total. The zero-order chi connectivity index (χ0) is 9.97. The third kappa shape index (κ3) is 1.95. The van der Waals surface area contributed by atoms with Gasteiger partial charge in [0.05, 0.1) is 0 Å². The number of hydrogen-bond donors (Lipinski definition) is 1. The maximum atomic E-state index is 10.8. The average Bonchev–Trinajstić information content (AvgIpc) is 2.12. The van der Waals surface area contributed by atoms with Gasteiger partial charge in [0.2, 0.25) is 5.91 Å². The summed E-state index contributed by atoms with van der Waals surface area (Å²) in [5.74, 6) is 0.523. The topological polar surface area (TPSA) is 43.1 Å². The Labute approximate surface area is 84.1 Å². The van der Waals surface area contributed by atoms with E-state index in [0.29, 0.717) is 5.56 Å². The van der Waals surface area contributed by atoms with E-state index >= 15 is 0 Å². The molecule has 0 atom stereocenters. The summed E-state index contributed by atoms with van der Waals surface area (Å²) in [5.41, 5.74) is 7.08. The van der Waals surface area contributed by atoms with Crippen molar-refractivity contribution < 1.29 is 4.79 Å². The van der Waals surface area contributed by atoms with E-state index in [1.807, 2.05) is 24.3 Å². The van der Waals surface area contributed by atoms with Crippen molar-refractivity contribution in [1.82, 2.24) is 0 Å². The zero-order valence-electron chi connectivity index (χ0n) is 8.20. The van der Waals surface area contributed by atoms with Crippen LogP contribution in [-0.4, -0.2) is 5.91 Å². The first-order valence-electron chi connectivity index (χ1n) is 5.14. The van der Waals surface area contributed by atoms with Crippen LogP contribution in [0.15, 0.2) is 24.3 Å². The smallest absolute Gasteiger partial charge is 0.248 e. The lowest BCUT2D eigenvalue weighted by atomic mass is 9.81. The molecule has 1 aliphatic rings. The number of nitrogens with two attached hydrogens (primary N) is 1. The maximum absolute atomic E-state index is 10.8. The largest absolute Gasteiger partial charge is 0.366 e. The van der Waals surface area contributed by atoms with Gasteiger partial charge in [-0.2, -0.15) is 0 Å². The second-order valence-electron chi connectivity index (χ2n) is 4.06. The van der Waals surface area contributed by atoms with Crippen LogP contribution in [0.3, 0.4) is 0 Å². The van der Waals surface area contributed by atoms with E-state index in [-0.39, 0.29) is 5.91 Å². The molecule has 0 aromatic heterocycles. The number of benzene rings is 1. The van der Waals surface area contributed by atoms with E-state index in [2.05, 4.69) is 0 Å². The Morgan fingerprint density at radius 1 is 1.29 bits per heavy atom. The zero-order valence-corrected chi connectivity index (χ0v) is 8.20. The molecule has 0 heterocycles. The van der Waals surface area contributed by atoms with Gasteiger partial charge in [-0.1, -0.05) is 31.4 Å². The first kappa shape index (κ1) is 9.25. The first-order chi connectivity index (χ1) is 6.75. The van der Waals surface area contributed by atoms with E-state index in [0.717, 1.165) is 12.3 Å². The summed E-state index contributed by atoms with van der Waals surface area (Å²) in [6.07, 6.45) is 5.25. The third-order valence-electron chi connectivity index (χ3n) is 2.99. The van der Waals surface area contributed by atoms with Crippen LogP contribution >= 0.6 is 0 Å². The third-order valence-corrected chi connectivity index (χ3v) is 2.99. The lowest BCUT2D eigenvalue weighted by Gasteiger charge is -2.25. The van der Waals surface area contributed by atoms with Crippen molar-refractivity contribution in [1.29, 1.82) is 0 Å². The predicted molar refractivity (Wildman–Crippen MR) is 56.0 cm³/mol. The van der Waals surface area contributed by atoms with Gasteiger partial charge in [0.15, 0.2) is 0 Å². The molecule has 2 nitrogen and oxygen atoms in total. The van der Waals surface area contributed by atoms with Gasteiger partial charge in [0.25, 0.3) is 0 Å². The molecule has 1 aromatic rings. The summed E-state index contributed by atoms with van der Waals surface area (Å²) in [4.78, 5) is 10.8. The van der Waals surface area contributed by atoms with Crippen molar-refractivity contribution >= 4 is 5.91 Å². The maximum Gasteiger partial charge on any atom is 0.248 e. The fourth-order valence-corrected chi connectivity index (χ4v) is 1.84. The van der Waals surface area contributed by atoms with Gasteiger partial charge in [-0.05, 0) is 30.0 Å². The van der Waals surface area contributed by atoms with E-state index in [4.69, 9.17) is 5.73 Å². The highest BCUT2D eigenvalue weighted by atomic mass is 16.1. The molecular formula is C12H15NO. The highest BCUT2D eigenvalue weighted by Crippen LogP contribution is 2.29. The molecule has 2 rings (SSSR count). The van der Waals surface area contributed by atoms with Gasteiger partial charge < -0.3 is 5.73 Å². The Bertz CT molecular complexity index is 325. The number of primary amides is 1. The standard InChI is InChI=1S/C12H15NO/c13-12(14)11-6-4-10(5-7-11)8-9-2-1-3-9/h4-7,9H,1-3,8H2,(H2,13,14). The van der Waals surface area contributed by atoms with Crippen molar-refractivity contribution in [3.63, 3.8) is 0 Å². The first-order valence-corrected chi connectivity index (χ1v) is 5.14. The van der Waals surface area contributed by atoms with Crippen molar-refractivity contribution in [3.8, 4) is 0 Å². The van der Waals surface area contributed by atoms with Crippen LogP contribution in [0.5, 0.6) is 0 Å². The van der Waals surface area contributed by atoms with Gasteiger partial charge in [-0.3, -0.25) is 4.79 Å². The van der Waals surface area contributed by atoms with Gasteiger partial charge >= 0.3 is 0 Å². The molecule has 1 amide bonds. The molecule has 1 saturated carbocycles. The molecule has 0 unspecified atom stereocenters. The summed E-state index contributed by atoms with van der Waals surface area (Å²) in [6, 6.07) is 7.66. The van der Waals surface area contributed by atoms with Crippen molar-refractivity contribution in [2.75, 3.05) is 0 Å². The summed E-state index contributed by atoms with van der Waals surface area (Å²) in [5, 5.41) is 0. The lowest BCUT2D eigenvalue weighted by molar-refractivity contribution is 0.100. The van der Waals surface area contributed by atoms with E-state index in [1.165, 1.54) is 24.8 Å². The summed E-state index contributed by atoms with van der Waals surface area (Å²) in [7, 11) is 0. The van der Waals surface area contributed by atoms with Crippen molar-refractivity contribution in [3.05, 3.63) is 35.4 Å². The summed E-state index contributed by atoms with van der Waals surface area (Å²) < 4.78 is 0. The number of hydrogen-bond acceptors (Lipinski definition) is 1. The molecule has 0 bridgehead atoms. The van der Waals surface area contributed by atoms with Crippen molar-refractivity contribution in [2.45, 2.75) is 25.7 Å². The highest BCUT2D eigenvalue weighted by Gasteiger charge is 2.17. The Hall–Kier alpha value is -1.31. The van der Waals surface area contributed by atoms with Crippen LogP contribution in [0.4, 0.5) is 0 Å². The molecule has 1 fully saturated rings. The molecule has 2 heteroatoms. The number of amides is 1. The molecule has 74 valence electrons. The van der Waals surface area contributed by atoms with Crippen LogP contribution in [0.25, 0.3) is 0 Å². The van der Waals surface area contributed by atoms with E-state index < -0.39 is 0 Å². The monoisotopic (exact) mass is 189 g/mol. The summed E-state index contributed by atoms with van der Waals surface area (Å²) in [6.45, 7) is 0. The second kappa shape index (κ2) is 3.82. The minimum Gasteiger partial charge on any atom is -0.366 e. The van der Waals surface area contributed by atoms with Gasteiger partial charge in [0.1, 0.15) is 0 Å². The van der Waals surface area contributed by atoms with Crippen LogP contribution < -0.4 is 5.73 Å². The highest BCUT2D eigenvalue weighted by molar-refractivity contribution is 5.92. The number of carbonyl (C=O) groups excluding carboxylic acids is 1. The molecule has 0 radical (unpaired) electrons. The fraction of sp³-hybridized carbons (Fsp3) is 0.417. The normalized spacial score (nSPS) is 16.3. The van der Waals surface area contributed by atoms with Gasteiger partial charge in [0, 0.05) is 5.56 Å². The Morgan fingerprint density at radius 3 is 2.36 bits per heavy atom. The van der Waals surface area contributed by atoms with Crippen LogP contribution in [0.1, 0.15) is 35.2 Å². The van der Waals surface area contributed by atoms with Crippen LogP contribution in [0, 0.1) is 5.92 Å². The lowest BCUT2D eigenvalue weighted by Crippen LogP contribution is -2.14. The van der Waals surface area contributed by atoms with E-state index in [1.54, 1.807) is 0 Å². The second-order valence-corrected chi connectivity index (χ2v) is 4.06. The molecular weight excluding hydrogens is 174 g/mol. The average molecular weight is 189 g/mol.